The highest BCUT2D eigenvalue weighted by molar-refractivity contribution is 8.06. The molecular weight excluding hydrogens is 342 g/mol. The van der Waals surface area contributed by atoms with Gasteiger partial charge in [0.25, 0.3) is 0 Å². The highest BCUT2D eigenvalue weighted by Crippen LogP contribution is 2.30. The van der Waals surface area contributed by atoms with Gasteiger partial charge >= 0.3 is 0 Å². The first-order valence-electron chi connectivity index (χ1n) is 10.1. The molecule has 0 radical (unpaired) electrons. The summed E-state index contributed by atoms with van der Waals surface area (Å²) in [5.74, 6) is 0.989. The third-order valence-corrected chi connectivity index (χ3v) is 4.79. The summed E-state index contributed by atoms with van der Waals surface area (Å²) in [6.45, 7) is 19.8. The third-order valence-electron chi connectivity index (χ3n) is 3.83. The Morgan fingerprint density at radius 1 is 1.23 bits per heavy atom. The molecule has 0 aromatic heterocycles. The Labute approximate surface area is 166 Å². The topological polar surface area (TPSA) is 21.7 Å². The monoisotopic (exact) mass is 381 g/mol. The van der Waals surface area contributed by atoms with Gasteiger partial charge in [-0.15, -0.1) is 0 Å². The van der Waals surface area contributed by atoms with Crippen molar-refractivity contribution < 1.29 is 9.47 Å². The molecule has 2 heterocycles. The number of rotatable bonds is 8. The second kappa shape index (κ2) is 17.4. The largest absolute Gasteiger partial charge is 0.498 e. The van der Waals surface area contributed by atoms with Gasteiger partial charge in [-0.25, -0.2) is 0 Å². The molecule has 3 nitrogen and oxygen atoms in total. The molecule has 0 bridgehead atoms. The van der Waals surface area contributed by atoms with Crippen LogP contribution in [-0.4, -0.2) is 44.4 Å². The minimum Gasteiger partial charge on any atom is -0.498 e. The Morgan fingerprint density at radius 2 is 1.92 bits per heavy atom. The molecule has 0 saturated carbocycles. The molecule has 26 heavy (non-hydrogen) atoms. The Morgan fingerprint density at radius 3 is 2.58 bits per heavy atom. The summed E-state index contributed by atoms with van der Waals surface area (Å²) in [5, 5.41) is 2.13. The molecule has 0 spiro atoms. The highest BCUT2D eigenvalue weighted by Gasteiger charge is 2.09. The Bertz CT molecular complexity index is 449. The fraction of sp³-hybridized carbons (Fsp3) is 0.636. The second-order valence-corrected chi connectivity index (χ2v) is 6.50. The van der Waals surface area contributed by atoms with Gasteiger partial charge in [-0.3, -0.25) is 4.90 Å². The lowest BCUT2D eigenvalue weighted by Crippen LogP contribution is -2.36. The second-order valence-electron chi connectivity index (χ2n) is 5.55. The van der Waals surface area contributed by atoms with Gasteiger partial charge < -0.3 is 9.47 Å². The minimum absolute atomic E-state index is 0.796. The van der Waals surface area contributed by atoms with E-state index in [0.29, 0.717) is 0 Å². The van der Waals surface area contributed by atoms with E-state index in [4.69, 9.17) is 9.47 Å². The summed E-state index contributed by atoms with van der Waals surface area (Å²) in [4.78, 5) is 3.72. The van der Waals surface area contributed by atoms with Crippen LogP contribution in [0.2, 0.25) is 0 Å². The van der Waals surface area contributed by atoms with Gasteiger partial charge in [0.05, 0.1) is 25.6 Å². The molecule has 2 aliphatic rings. The molecule has 0 N–H and O–H groups in total. The normalized spacial score (nSPS) is 17.7. The van der Waals surface area contributed by atoms with Crippen LogP contribution in [0.4, 0.5) is 0 Å². The zero-order valence-electron chi connectivity index (χ0n) is 17.6. The molecule has 0 unspecified atom stereocenters. The van der Waals surface area contributed by atoms with E-state index < -0.39 is 0 Å². The van der Waals surface area contributed by atoms with Crippen LogP contribution in [0.25, 0.3) is 0 Å². The lowest BCUT2D eigenvalue weighted by molar-refractivity contribution is 0.0364. The predicted molar refractivity (Wildman–Crippen MR) is 117 cm³/mol. The maximum atomic E-state index is 5.84. The first-order valence-corrected chi connectivity index (χ1v) is 11.0. The average molecular weight is 382 g/mol. The van der Waals surface area contributed by atoms with E-state index in [1.807, 2.05) is 40.7 Å². The fourth-order valence-corrected chi connectivity index (χ4v) is 3.40. The lowest BCUT2D eigenvalue weighted by Gasteiger charge is -2.26. The quantitative estimate of drug-likeness (QED) is 0.370. The highest BCUT2D eigenvalue weighted by atomic mass is 32.2. The van der Waals surface area contributed by atoms with Gasteiger partial charge in [-0.1, -0.05) is 58.2 Å². The van der Waals surface area contributed by atoms with Crippen molar-refractivity contribution in [3.05, 3.63) is 46.5 Å². The molecule has 2 aliphatic heterocycles. The third kappa shape index (κ3) is 10.9. The summed E-state index contributed by atoms with van der Waals surface area (Å²) in [6, 6.07) is 0. The van der Waals surface area contributed by atoms with E-state index in [1.165, 1.54) is 16.9 Å². The number of nitrogens with zero attached hydrogens (tertiary/aromatic N) is 1. The van der Waals surface area contributed by atoms with Crippen LogP contribution < -0.4 is 0 Å². The van der Waals surface area contributed by atoms with Crippen molar-refractivity contribution in [1.29, 1.82) is 0 Å². The maximum Gasteiger partial charge on any atom is 0.0940 e. The zero-order chi connectivity index (χ0) is 19.6. The van der Waals surface area contributed by atoms with Crippen LogP contribution in [0.3, 0.4) is 0 Å². The van der Waals surface area contributed by atoms with Crippen molar-refractivity contribution in [3.63, 3.8) is 0 Å². The van der Waals surface area contributed by atoms with E-state index >= 15 is 0 Å². The average Bonchev–Trinajstić information content (AvgIpc) is 2.72. The van der Waals surface area contributed by atoms with Crippen LogP contribution in [0.15, 0.2) is 46.5 Å². The predicted octanol–water partition coefficient (Wildman–Crippen LogP) is 6.16. The smallest absolute Gasteiger partial charge is 0.0940 e. The van der Waals surface area contributed by atoms with E-state index in [9.17, 15) is 0 Å². The standard InChI is InChI=1S/C18H27NO2S.2C2H6/c1-3-17-7-6-14-22-18(17)15-16(2)21-11-5-4-8-19-9-12-20-13-10-19;2*1-2/h3,6,14-15H,1,4-5,7-13H2,2H3;2*1-2H3/b16-15+;;. The number of hydrogen-bond donors (Lipinski definition) is 0. The van der Waals surface area contributed by atoms with Crippen LogP contribution in [0, 0.1) is 0 Å². The Kier molecular flexibility index (Phi) is 16.8. The Hall–Kier alpha value is -0.970. The van der Waals surface area contributed by atoms with Crippen molar-refractivity contribution in [2.75, 3.05) is 39.5 Å². The van der Waals surface area contributed by atoms with E-state index in [2.05, 4.69) is 29.0 Å². The van der Waals surface area contributed by atoms with Crippen molar-refractivity contribution >= 4 is 11.8 Å². The van der Waals surface area contributed by atoms with E-state index in [1.54, 1.807) is 11.8 Å². The van der Waals surface area contributed by atoms with Gasteiger partial charge in [0.1, 0.15) is 0 Å². The SMILES string of the molecule is C=CC1=C(/C=C(\C)OCCCCN2CCOCC2)SC=CC1.CC.CC. The fourth-order valence-electron chi connectivity index (χ4n) is 2.51. The van der Waals surface area contributed by atoms with Gasteiger partial charge in [-0.2, -0.15) is 0 Å². The van der Waals surface area contributed by atoms with Gasteiger partial charge in [0, 0.05) is 18.0 Å². The van der Waals surface area contributed by atoms with Crippen LogP contribution in [-0.2, 0) is 9.47 Å². The summed E-state index contributed by atoms with van der Waals surface area (Å²) < 4.78 is 11.2. The lowest BCUT2D eigenvalue weighted by atomic mass is 10.1. The summed E-state index contributed by atoms with van der Waals surface area (Å²) >= 11 is 1.74. The van der Waals surface area contributed by atoms with Crippen molar-refractivity contribution in [3.8, 4) is 0 Å². The van der Waals surface area contributed by atoms with Crippen molar-refractivity contribution in [2.45, 2.75) is 53.9 Å². The van der Waals surface area contributed by atoms with E-state index in [0.717, 1.165) is 58.1 Å². The summed E-state index contributed by atoms with van der Waals surface area (Å²) in [7, 11) is 0. The van der Waals surface area contributed by atoms with Gasteiger partial charge in [-0.05, 0) is 49.8 Å². The molecule has 0 aromatic carbocycles. The molecule has 0 aliphatic carbocycles. The van der Waals surface area contributed by atoms with Gasteiger partial charge in [0.15, 0.2) is 0 Å². The molecule has 0 aromatic rings. The number of allylic oxidation sites excluding steroid dienone is 5. The molecule has 1 saturated heterocycles. The molecule has 150 valence electrons. The number of hydrogen-bond acceptors (Lipinski definition) is 4. The van der Waals surface area contributed by atoms with Crippen molar-refractivity contribution in [2.24, 2.45) is 0 Å². The number of unbranched alkanes of at least 4 members (excludes halogenated alkanes) is 1. The molecule has 0 atom stereocenters. The number of morpholine rings is 1. The van der Waals surface area contributed by atoms with Crippen LogP contribution in [0.1, 0.15) is 53.9 Å². The Balaban J connectivity index is 0.00000146. The van der Waals surface area contributed by atoms with Crippen LogP contribution in [0.5, 0.6) is 0 Å². The summed E-state index contributed by atoms with van der Waals surface area (Å²) in [6.07, 6.45) is 9.50. The molecule has 0 amide bonds. The van der Waals surface area contributed by atoms with E-state index in [-0.39, 0.29) is 0 Å². The van der Waals surface area contributed by atoms with Crippen LogP contribution >= 0.6 is 11.8 Å². The molecular formula is C22H39NO2S. The molecule has 4 heteroatoms. The molecule has 2 rings (SSSR count). The summed E-state index contributed by atoms with van der Waals surface area (Å²) in [5.41, 5.74) is 1.28. The first-order chi connectivity index (χ1) is 12.8. The zero-order valence-corrected chi connectivity index (χ0v) is 18.4. The number of ether oxygens (including phenoxy) is 2. The maximum absolute atomic E-state index is 5.84. The van der Waals surface area contributed by atoms with Crippen molar-refractivity contribution in [1.82, 2.24) is 4.90 Å². The minimum atomic E-state index is 0.796. The van der Waals surface area contributed by atoms with Gasteiger partial charge in [0.2, 0.25) is 0 Å². The molecule has 1 fully saturated rings. The number of thioether (sulfide) groups is 1. The first kappa shape index (κ1) is 25.0.